The molecule has 1 amide bonds. The molecule has 0 saturated carbocycles. The summed E-state index contributed by atoms with van der Waals surface area (Å²) in [5, 5.41) is 16.6. The summed E-state index contributed by atoms with van der Waals surface area (Å²) in [4.78, 5) is 22.0. The van der Waals surface area contributed by atoms with E-state index in [2.05, 4.69) is 67.3 Å². The van der Waals surface area contributed by atoms with Gasteiger partial charge in [0.05, 0.1) is 24.0 Å². The van der Waals surface area contributed by atoms with Crippen LogP contribution >= 0.6 is 0 Å². The minimum atomic E-state index is -0.551. The number of amides is 1. The van der Waals surface area contributed by atoms with Crippen LogP contribution in [0, 0.1) is 17.1 Å². The average molecular weight is 633 g/mol. The number of nitriles is 1. The fourth-order valence-electron chi connectivity index (χ4n) is 7.20. The molecule has 3 aromatic rings. The zero-order valence-corrected chi connectivity index (χ0v) is 27.4. The van der Waals surface area contributed by atoms with Gasteiger partial charge in [0.2, 0.25) is 0 Å². The topological polar surface area (TPSA) is 102 Å². The lowest BCUT2D eigenvalue weighted by Crippen LogP contribution is -2.65. The molecule has 3 fully saturated rings. The van der Waals surface area contributed by atoms with Gasteiger partial charge >= 0.3 is 6.09 Å². The molecule has 6 rings (SSSR count). The number of rotatable bonds is 7. The molecule has 1 aromatic carbocycles. The van der Waals surface area contributed by atoms with Crippen molar-refractivity contribution < 1.29 is 18.7 Å². The van der Waals surface area contributed by atoms with Crippen LogP contribution < -0.4 is 15.1 Å². The van der Waals surface area contributed by atoms with Gasteiger partial charge in [-0.15, -0.1) is 0 Å². The van der Waals surface area contributed by atoms with Gasteiger partial charge in [-0.3, -0.25) is 4.90 Å². The number of alkyl carbamates (subject to hydrolysis) is 1. The number of hydrogen-bond acceptors (Lipinski definition) is 9. The van der Waals surface area contributed by atoms with Crippen molar-refractivity contribution in [3.8, 4) is 6.07 Å². The standard InChI is InChI=1S/C34H45FN8O3/c1-23-18-41(30-11-10-26(16-36)43-32(30)28(35)17-37-43)20-27-19-39(14-15-42(23)27)13-12-24-6-8-25(9-7-24)40-21-29(31(22-40)45-5)38-33(44)46-34(2,3)4/h6-11,17,23,27,29,31H,12-15,18-22H2,1-5H3,(H,38,44)/t23-,27+,29-,31-/m1/s1. The van der Waals surface area contributed by atoms with Crippen molar-refractivity contribution in [2.75, 3.05) is 69.3 Å². The third-order valence-electron chi connectivity index (χ3n) is 9.43. The quantitative estimate of drug-likeness (QED) is 0.420. The van der Waals surface area contributed by atoms with Crippen LogP contribution in [0.25, 0.3) is 5.52 Å². The van der Waals surface area contributed by atoms with Crippen molar-refractivity contribution in [2.24, 2.45) is 0 Å². The molecular weight excluding hydrogens is 587 g/mol. The van der Waals surface area contributed by atoms with Crippen LogP contribution in [0.4, 0.5) is 20.6 Å². The molecule has 246 valence electrons. The maximum Gasteiger partial charge on any atom is 0.408 e. The molecule has 2 aromatic heterocycles. The minimum absolute atomic E-state index is 0.119. The van der Waals surface area contributed by atoms with Crippen LogP contribution in [0.15, 0.2) is 42.6 Å². The molecule has 1 N–H and O–H groups in total. The fraction of sp³-hybridized carbons (Fsp3) is 0.559. The largest absolute Gasteiger partial charge is 0.444 e. The Bertz CT molecular complexity index is 1580. The van der Waals surface area contributed by atoms with Crippen molar-refractivity contribution in [1.82, 2.24) is 24.7 Å². The molecule has 0 spiro atoms. The fourth-order valence-corrected chi connectivity index (χ4v) is 7.20. The number of carbonyl (C=O) groups excluding carboxylic acids is 1. The molecule has 3 aliphatic heterocycles. The number of nitrogens with zero attached hydrogens (tertiary/aromatic N) is 7. The zero-order chi connectivity index (χ0) is 32.6. The summed E-state index contributed by atoms with van der Waals surface area (Å²) in [6.45, 7) is 14.7. The number of methoxy groups -OCH3 is 1. The molecule has 11 nitrogen and oxygen atoms in total. The summed E-state index contributed by atoms with van der Waals surface area (Å²) in [6, 6.07) is 14.9. The number of hydrogen-bond donors (Lipinski definition) is 1. The second-order valence-electron chi connectivity index (χ2n) is 13.8. The minimum Gasteiger partial charge on any atom is -0.444 e. The first-order valence-electron chi connectivity index (χ1n) is 16.2. The predicted octanol–water partition coefficient (Wildman–Crippen LogP) is 3.51. The third-order valence-corrected chi connectivity index (χ3v) is 9.43. The van der Waals surface area contributed by atoms with Crippen molar-refractivity contribution in [3.63, 3.8) is 0 Å². The van der Waals surface area contributed by atoms with E-state index < -0.39 is 17.5 Å². The van der Waals surface area contributed by atoms with E-state index in [1.807, 2.05) is 26.8 Å². The number of pyridine rings is 1. The van der Waals surface area contributed by atoms with Crippen molar-refractivity contribution in [1.29, 1.82) is 5.26 Å². The van der Waals surface area contributed by atoms with Crippen molar-refractivity contribution in [3.05, 3.63) is 59.7 Å². The summed E-state index contributed by atoms with van der Waals surface area (Å²) >= 11 is 0. The first kappa shape index (κ1) is 32.0. The Balaban J connectivity index is 1.04. The number of nitrogens with one attached hydrogen (secondary N) is 1. The highest BCUT2D eigenvalue weighted by molar-refractivity contribution is 5.75. The van der Waals surface area contributed by atoms with Gasteiger partial charge in [0.25, 0.3) is 0 Å². The number of halogens is 1. The Hall–Kier alpha value is -3.92. The number of carbonyl (C=O) groups is 1. The van der Waals surface area contributed by atoms with E-state index in [-0.39, 0.29) is 12.1 Å². The summed E-state index contributed by atoms with van der Waals surface area (Å²) in [6.07, 6.45) is 1.60. The Morgan fingerprint density at radius 3 is 2.57 bits per heavy atom. The maximum atomic E-state index is 14.8. The average Bonchev–Trinajstić information content (AvgIpc) is 3.62. The molecule has 5 heterocycles. The molecule has 46 heavy (non-hydrogen) atoms. The van der Waals surface area contributed by atoms with E-state index in [4.69, 9.17) is 9.47 Å². The Labute approximate surface area is 270 Å². The van der Waals surface area contributed by atoms with E-state index >= 15 is 0 Å². The first-order chi connectivity index (χ1) is 22.0. The number of piperazine rings is 2. The summed E-state index contributed by atoms with van der Waals surface area (Å²) in [5.74, 6) is -0.404. The van der Waals surface area contributed by atoms with Crippen molar-refractivity contribution in [2.45, 2.75) is 63.9 Å². The van der Waals surface area contributed by atoms with Gasteiger partial charge in [0, 0.05) is 77.2 Å². The number of anilines is 2. The highest BCUT2D eigenvalue weighted by Gasteiger charge is 2.37. The lowest BCUT2D eigenvalue weighted by atomic mass is 10.0. The first-order valence-corrected chi connectivity index (χ1v) is 16.2. The molecule has 0 aliphatic carbocycles. The van der Waals surface area contributed by atoms with E-state index in [0.29, 0.717) is 36.4 Å². The number of ether oxygens (including phenoxy) is 2. The van der Waals surface area contributed by atoms with Crippen LogP contribution in [-0.4, -0.2) is 115 Å². The second kappa shape index (κ2) is 13.1. The Morgan fingerprint density at radius 2 is 1.85 bits per heavy atom. The van der Waals surface area contributed by atoms with Crippen LogP contribution in [0.2, 0.25) is 0 Å². The summed E-state index contributed by atoms with van der Waals surface area (Å²) in [5.41, 5.74) is 3.33. The monoisotopic (exact) mass is 632 g/mol. The normalized spacial score (nSPS) is 24.2. The van der Waals surface area contributed by atoms with E-state index in [0.717, 1.165) is 57.1 Å². The molecule has 0 unspecified atom stereocenters. The zero-order valence-electron chi connectivity index (χ0n) is 27.4. The molecule has 4 atom stereocenters. The molecule has 0 radical (unpaired) electrons. The van der Waals surface area contributed by atoms with Gasteiger partial charge < -0.3 is 29.5 Å². The van der Waals surface area contributed by atoms with Crippen LogP contribution in [0.5, 0.6) is 0 Å². The van der Waals surface area contributed by atoms with Gasteiger partial charge in [-0.05, 0) is 63.9 Å². The lowest BCUT2D eigenvalue weighted by Gasteiger charge is -2.51. The molecule has 3 saturated heterocycles. The van der Waals surface area contributed by atoms with E-state index in [1.54, 1.807) is 13.2 Å². The molecule has 3 aliphatic rings. The van der Waals surface area contributed by atoms with Gasteiger partial charge in [-0.1, -0.05) is 12.1 Å². The molecule has 12 heteroatoms. The second-order valence-corrected chi connectivity index (χ2v) is 13.8. The predicted molar refractivity (Wildman–Crippen MR) is 175 cm³/mol. The van der Waals surface area contributed by atoms with Crippen LogP contribution in [0.3, 0.4) is 0 Å². The highest BCUT2D eigenvalue weighted by Crippen LogP contribution is 2.30. The third kappa shape index (κ3) is 6.77. The van der Waals surface area contributed by atoms with Crippen LogP contribution in [-0.2, 0) is 15.9 Å². The molecular formula is C34H45FN8O3. The molecule has 0 bridgehead atoms. The van der Waals surface area contributed by atoms with Gasteiger partial charge in [-0.25, -0.2) is 13.7 Å². The van der Waals surface area contributed by atoms with E-state index in [9.17, 15) is 14.4 Å². The van der Waals surface area contributed by atoms with Gasteiger partial charge in [0.15, 0.2) is 5.82 Å². The van der Waals surface area contributed by atoms with Gasteiger partial charge in [-0.2, -0.15) is 10.4 Å². The summed E-state index contributed by atoms with van der Waals surface area (Å²) in [7, 11) is 1.68. The summed E-state index contributed by atoms with van der Waals surface area (Å²) < 4.78 is 27.4. The smallest absolute Gasteiger partial charge is 0.408 e. The Morgan fingerprint density at radius 1 is 1.07 bits per heavy atom. The SMILES string of the molecule is CO[C@@H]1CN(c2ccc(CCN3CCN4[C@@H](C3)CN(c3ccc(C#N)n5ncc(F)c35)C[C@H]4C)cc2)C[C@H]1NC(=O)OC(C)(C)C. The van der Waals surface area contributed by atoms with Gasteiger partial charge in [0.1, 0.15) is 22.9 Å². The maximum absolute atomic E-state index is 14.8. The number of benzene rings is 1. The van der Waals surface area contributed by atoms with Crippen molar-refractivity contribution >= 4 is 23.0 Å². The van der Waals surface area contributed by atoms with Crippen LogP contribution in [0.1, 0.15) is 39.0 Å². The number of fused-ring (bicyclic) bond motifs is 2. The van der Waals surface area contributed by atoms with E-state index in [1.165, 1.54) is 16.3 Å². The highest BCUT2D eigenvalue weighted by atomic mass is 19.1. The Kier molecular flexibility index (Phi) is 9.10. The lowest BCUT2D eigenvalue weighted by molar-refractivity contribution is 0.0356. The number of aromatic nitrogens is 2.